The average molecular weight is 338 g/mol. The Hall–Kier alpha value is -1.40. The van der Waals surface area contributed by atoms with Crippen LogP contribution in [0.5, 0.6) is 0 Å². The van der Waals surface area contributed by atoms with Gasteiger partial charge in [-0.05, 0) is 41.9 Å². The molecule has 6 nitrogen and oxygen atoms in total. The summed E-state index contributed by atoms with van der Waals surface area (Å²) in [5.74, 6) is -0.546. The predicted octanol–water partition coefficient (Wildman–Crippen LogP) is 1.28. The van der Waals surface area contributed by atoms with Crippen LogP contribution in [0.3, 0.4) is 0 Å². The molecule has 2 saturated carbocycles. The minimum Gasteiger partial charge on any atom is -0.481 e. The van der Waals surface area contributed by atoms with E-state index < -0.39 is 30.4 Å². The van der Waals surface area contributed by atoms with E-state index in [1.165, 1.54) is 19.3 Å². The number of aliphatic carboxylic acids is 1. The van der Waals surface area contributed by atoms with Gasteiger partial charge in [0, 0.05) is 0 Å². The van der Waals surface area contributed by atoms with E-state index in [9.17, 15) is 14.7 Å². The SMILES string of the molecule is CC12CCC(C1)C(C)(C)C2C=CC(CO)NC(=O)[C@@H](N)CC(=O)O. The molecule has 1 amide bonds. The highest BCUT2D eigenvalue weighted by Gasteiger charge is 2.57. The summed E-state index contributed by atoms with van der Waals surface area (Å²) in [6.07, 6.45) is 7.26. The van der Waals surface area contributed by atoms with E-state index in [0.717, 1.165) is 5.92 Å². The Balaban J connectivity index is 2.01. The lowest BCUT2D eigenvalue weighted by Gasteiger charge is -2.41. The molecule has 2 aliphatic rings. The number of carboxylic acid groups (broad SMARTS) is 1. The summed E-state index contributed by atoms with van der Waals surface area (Å²) in [7, 11) is 0. The molecule has 2 rings (SSSR count). The Labute approximate surface area is 143 Å². The molecule has 0 aromatic heterocycles. The van der Waals surface area contributed by atoms with E-state index in [4.69, 9.17) is 10.8 Å². The second-order valence-electron chi connectivity index (χ2n) is 8.28. The maximum atomic E-state index is 11.9. The number of carbonyl (C=O) groups is 2. The standard InChI is InChI=1S/C18H30N2O4/c1-17(2)11-6-7-18(3,9-11)14(17)5-4-12(10-21)20-16(24)13(19)8-15(22)23/h4-5,11-14,21H,6-10,19H2,1-3H3,(H,20,24)(H,22,23)/t11?,12?,13-,14?,18?/m0/s1. The first-order valence-electron chi connectivity index (χ1n) is 8.67. The topological polar surface area (TPSA) is 113 Å². The molecule has 0 radical (unpaired) electrons. The number of nitrogens with one attached hydrogen (secondary N) is 1. The number of amides is 1. The monoisotopic (exact) mass is 338 g/mol. The molecular weight excluding hydrogens is 308 g/mol. The minimum atomic E-state index is -1.12. The Kier molecular flexibility index (Phi) is 5.40. The van der Waals surface area contributed by atoms with Crippen LogP contribution in [0.4, 0.5) is 0 Å². The number of fused-ring (bicyclic) bond motifs is 2. The van der Waals surface area contributed by atoms with Crippen LogP contribution in [-0.2, 0) is 9.59 Å². The lowest BCUT2D eigenvalue weighted by atomic mass is 9.64. The van der Waals surface area contributed by atoms with E-state index >= 15 is 0 Å². The molecule has 0 aromatic carbocycles. The third-order valence-corrected chi connectivity index (χ3v) is 6.17. The van der Waals surface area contributed by atoms with Crippen LogP contribution in [0.2, 0.25) is 0 Å². The van der Waals surface area contributed by atoms with Crippen molar-refractivity contribution in [1.29, 1.82) is 0 Å². The molecule has 4 unspecified atom stereocenters. The molecule has 2 fully saturated rings. The fourth-order valence-corrected chi connectivity index (χ4v) is 4.79. The maximum Gasteiger partial charge on any atom is 0.305 e. The first-order valence-corrected chi connectivity index (χ1v) is 8.67. The highest BCUT2D eigenvalue weighted by molar-refractivity contribution is 5.86. The zero-order valence-electron chi connectivity index (χ0n) is 14.8. The largest absolute Gasteiger partial charge is 0.481 e. The average Bonchev–Trinajstić information content (AvgIpc) is 2.95. The Morgan fingerprint density at radius 3 is 2.54 bits per heavy atom. The number of nitrogens with two attached hydrogens (primary N) is 1. The first kappa shape index (κ1) is 18.9. The van der Waals surface area contributed by atoms with Gasteiger partial charge in [-0.2, -0.15) is 0 Å². The van der Waals surface area contributed by atoms with E-state index in [1.54, 1.807) is 0 Å². The van der Waals surface area contributed by atoms with Crippen molar-refractivity contribution in [1.82, 2.24) is 5.32 Å². The Morgan fingerprint density at radius 2 is 2.04 bits per heavy atom. The third kappa shape index (κ3) is 3.64. The molecule has 0 saturated heterocycles. The van der Waals surface area contributed by atoms with E-state index in [0.29, 0.717) is 5.92 Å². The summed E-state index contributed by atoms with van der Waals surface area (Å²) in [5, 5.41) is 20.8. The zero-order valence-corrected chi connectivity index (χ0v) is 14.8. The smallest absolute Gasteiger partial charge is 0.305 e. The van der Waals surface area contributed by atoms with Crippen molar-refractivity contribution >= 4 is 11.9 Å². The molecule has 24 heavy (non-hydrogen) atoms. The van der Waals surface area contributed by atoms with Crippen LogP contribution >= 0.6 is 0 Å². The maximum absolute atomic E-state index is 11.9. The number of aliphatic hydroxyl groups is 1. The normalized spacial score (nSPS) is 33.5. The van der Waals surface area contributed by atoms with Crippen LogP contribution in [-0.4, -0.2) is 40.8 Å². The Morgan fingerprint density at radius 1 is 1.38 bits per heavy atom. The fourth-order valence-electron chi connectivity index (χ4n) is 4.79. The number of carboxylic acids is 1. The lowest BCUT2D eigenvalue weighted by Crippen LogP contribution is -2.47. The molecule has 0 aliphatic heterocycles. The molecule has 0 aromatic rings. The quantitative estimate of drug-likeness (QED) is 0.522. The molecular formula is C18H30N2O4. The van der Waals surface area contributed by atoms with Gasteiger partial charge in [0.05, 0.1) is 25.1 Å². The second-order valence-corrected chi connectivity index (χ2v) is 8.28. The van der Waals surface area contributed by atoms with Crippen LogP contribution in [0.25, 0.3) is 0 Å². The number of aliphatic hydroxyl groups excluding tert-OH is 1. The molecule has 136 valence electrons. The molecule has 5 N–H and O–H groups in total. The summed E-state index contributed by atoms with van der Waals surface area (Å²) in [5.41, 5.74) is 6.06. The summed E-state index contributed by atoms with van der Waals surface area (Å²) in [4.78, 5) is 22.5. The van der Waals surface area contributed by atoms with Gasteiger partial charge in [0.25, 0.3) is 0 Å². The van der Waals surface area contributed by atoms with Gasteiger partial charge in [0.2, 0.25) is 5.91 Å². The predicted molar refractivity (Wildman–Crippen MR) is 91.1 cm³/mol. The summed E-state index contributed by atoms with van der Waals surface area (Å²) in [6.45, 7) is 6.68. The van der Waals surface area contributed by atoms with Crippen molar-refractivity contribution < 1.29 is 19.8 Å². The highest BCUT2D eigenvalue weighted by Crippen LogP contribution is 2.66. The molecule has 6 heteroatoms. The van der Waals surface area contributed by atoms with E-state index in [-0.39, 0.29) is 17.4 Å². The zero-order chi connectivity index (χ0) is 18.1. The van der Waals surface area contributed by atoms with Crippen molar-refractivity contribution in [3.8, 4) is 0 Å². The minimum absolute atomic E-state index is 0.216. The molecule has 0 heterocycles. The van der Waals surface area contributed by atoms with Gasteiger partial charge < -0.3 is 21.3 Å². The number of rotatable bonds is 7. The molecule has 0 spiro atoms. The second kappa shape index (κ2) is 6.84. The third-order valence-electron chi connectivity index (χ3n) is 6.17. The number of carbonyl (C=O) groups excluding carboxylic acids is 1. The highest BCUT2D eigenvalue weighted by atomic mass is 16.4. The number of hydrogen-bond donors (Lipinski definition) is 4. The van der Waals surface area contributed by atoms with Crippen molar-refractivity contribution in [3.63, 3.8) is 0 Å². The van der Waals surface area contributed by atoms with Crippen molar-refractivity contribution in [2.75, 3.05) is 6.61 Å². The van der Waals surface area contributed by atoms with Gasteiger partial charge in [-0.15, -0.1) is 0 Å². The number of hydrogen-bond acceptors (Lipinski definition) is 4. The van der Waals surface area contributed by atoms with Gasteiger partial charge in [0.15, 0.2) is 0 Å². The van der Waals surface area contributed by atoms with Crippen LogP contribution in [0.1, 0.15) is 46.5 Å². The summed E-state index contributed by atoms with van der Waals surface area (Å²) >= 11 is 0. The summed E-state index contributed by atoms with van der Waals surface area (Å²) in [6, 6.07) is -1.66. The van der Waals surface area contributed by atoms with Crippen molar-refractivity contribution in [2.24, 2.45) is 28.4 Å². The molecule has 5 atom stereocenters. The fraction of sp³-hybridized carbons (Fsp3) is 0.778. The van der Waals surface area contributed by atoms with Gasteiger partial charge in [-0.3, -0.25) is 9.59 Å². The summed E-state index contributed by atoms with van der Waals surface area (Å²) < 4.78 is 0. The molecule has 2 bridgehead atoms. The lowest BCUT2D eigenvalue weighted by molar-refractivity contribution is -0.139. The first-order chi connectivity index (χ1) is 11.1. The van der Waals surface area contributed by atoms with Gasteiger partial charge >= 0.3 is 5.97 Å². The van der Waals surface area contributed by atoms with E-state index in [1.807, 2.05) is 6.08 Å². The van der Waals surface area contributed by atoms with Crippen LogP contribution in [0.15, 0.2) is 12.2 Å². The Bertz CT molecular complexity index is 526. The van der Waals surface area contributed by atoms with Crippen molar-refractivity contribution in [2.45, 2.75) is 58.5 Å². The molecule has 2 aliphatic carbocycles. The van der Waals surface area contributed by atoms with E-state index in [2.05, 4.69) is 32.2 Å². The van der Waals surface area contributed by atoms with Crippen LogP contribution in [0, 0.1) is 22.7 Å². The van der Waals surface area contributed by atoms with Crippen molar-refractivity contribution in [3.05, 3.63) is 12.2 Å². The van der Waals surface area contributed by atoms with Gasteiger partial charge in [-0.1, -0.05) is 32.9 Å². The van der Waals surface area contributed by atoms with Gasteiger partial charge in [-0.25, -0.2) is 0 Å². The number of allylic oxidation sites excluding steroid dienone is 1. The van der Waals surface area contributed by atoms with Gasteiger partial charge in [0.1, 0.15) is 0 Å². The van der Waals surface area contributed by atoms with Crippen LogP contribution < -0.4 is 11.1 Å².